The Hall–Kier alpha value is -0.710. The SMILES string of the molecule is O=C(Cc1ccccc1Br)C1CCOC2(CCOC2)C1. The molecule has 1 aromatic carbocycles. The molecule has 2 atom stereocenters. The van der Waals surface area contributed by atoms with Crippen molar-refractivity contribution >= 4 is 21.7 Å². The summed E-state index contributed by atoms with van der Waals surface area (Å²) in [4.78, 5) is 12.5. The van der Waals surface area contributed by atoms with Crippen molar-refractivity contribution in [2.75, 3.05) is 19.8 Å². The Kier molecular flexibility index (Phi) is 4.24. The topological polar surface area (TPSA) is 35.5 Å². The lowest BCUT2D eigenvalue weighted by Gasteiger charge is -2.36. The molecule has 3 nitrogen and oxygen atoms in total. The average molecular weight is 339 g/mol. The van der Waals surface area contributed by atoms with E-state index in [-0.39, 0.29) is 11.5 Å². The van der Waals surface area contributed by atoms with Crippen molar-refractivity contribution in [3.63, 3.8) is 0 Å². The zero-order chi connectivity index (χ0) is 14.0. The molecule has 0 N–H and O–H groups in total. The third-order valence-corrected chi connectivity index (χ3v) is 5.11. The fraction of sp³-hybridized carbons (Fsp3) is 0.562. The van der Waals surface area contributed by atoms with Crippen molar-refractivity contribution in [1.82, 2.24) is 0 Å². The van der Waals surface area contributed by atoms with Crippen LogP contribution in [0.15, 0.2) is 28.7 Å². The maximum atomic E-state index is 12.5. The molecule has 0 aliphatic carbocycles. The second kappa shape index (κ2) is 5.96. The number of hydrogen-bond donors (Lipinski definition) is 0. The van der Waals surface area contributed by atoms with E-state index in [2.05, 4.69) is 15.9 Å². The minimum Gasteiger partial charge on any atom is -0.378 e. The lowest BCUT2D eigenvalue weighted by Crippen LogP contribution is -2.42. The Labute approximate surface area is 127 Å². The first-order valence-electron chi connectivity index (χ1n) is 7.16. The van der Waals surface area contributed by atoms with Gasteiger partial charge in [0.15, 0.2) is 0 Å². The smallest absolute Gasteiger partial charge is 0.140 e. The summed E-state index contributed by atoms with van der Waals surface area (Å²) in [5.41, 5.74) is 0.882. The van der Waals surface area contributed by atoms with Crippen LogP contribution >= 0.6 is 15.9 Å². The van der Waals surface area contributed by atoms with Gasteiger partial charge in [0.1, 0.15) is 5.78 Å². The molecule has 0 amide bonds. The van der Waals surface area contributed by atoms with Gasteiger partial charge in [-0.3, -0.25) is 4.79 Å². The summed E-state index contributed by atoms with van der Waals surface area (Å²) in [5.74, 6) is 0.434. The first-order chi connectivity index (χ1) is 9.69. The van der Waals surface area contributed by atoms with Gasteiger partial charge in [-0.05, 0) is 24.5 Å². The summed E-state index contributed by atoms with van der Waals surface area (Å²) in [6.45, 7) is 2.08. The van der Waals surface area contributed by atoms with E-state index in [0.29, 0.717) is 25.4 Å². The molecule has 0 radical (unpaired) electrons. The predicted molar refractivity (Wildman–Crippen MR) is 79.7 cm³/mol. The lowest BCUT2D eigenvalue weighted by molar-refractivity contribution is -0.136. The fourth-order valence-corrected chi connectivity index (χ4v) is 3.56. The van der Waals surface area contributed by atoms with E-state index in [1.54, 1.807) is 0 Å². The van der Waals surface area contributed by atoms with Crippen LogP contribution in [0.1, 0.15) is 24.8 Å². The highest BCUT2D eigenvalue weighted by Crippen LogP contribution is 2.36. The van der Waals surface area contributed by atoms with Crippen LogP contribution in [0.4, 0.5) is 0 Å². The third-order valence-electron chi connectivity index (χ3n) is 4.34. The standard InChI is InChI=1S/C16H19BrO3/c17-14-4-2-1-3-12(14)9-15(18)13-5-7-20-16(10-13)6-8-19-11-16/h1-4,13H,5-11H2. The Morgan fingerprint density at radius 2 is 2.20 bits per heavy atom. The van der Waals surface area contributed by atoms with Crippen molar-refractivity contribution in [3.8, 4) is 0 Å². The highest BCUT2D eigenvalue weighted by molar-refractivity contribution is 9.10. The largest absolute Gasteiger partial charge is 0.378 e. The molecule has 2 aliphatic heterocycles. The van der Waals surface area contributed by atoms with Gasteiger partial charge in [0.25, 0.3) is 0 Å². The minimum absolute atomic E-state index is 0.109. The summed E-state index contributed by atoms with van der Waals surface area (Å²) in [6.07, 6.45) is 3.08. The maximum Gasteiger partial charge on any atom is 0.140 e. The number of Topliss-reactive ketones (excluding diaryl/α,β-unsaturated/α-hetero) is 1. The van der Waals surface area contributed by atoms with Crippen molar-refractivity contribution < 1.29 is 14.3 Å². The zero-order valence-corrected chi connectivity index (χ0v) is 13.0. The van der Waals surface area contributed by atoms with Crippen molar-refractivity contribution in [2.45, 2.75) is 31.3 Å². The Morgan fingerprint density at radius 3 is 2.95 bits per heavy atom. The third kappa shape index (κ3) is 2.97. The van der Waals surface area contributed by atoms with Crippen LogP contribution in [-0.4, -0.2) is 31.2 Å². The molecule has 20 heavy (non-hydrogen) atoms. The summed E-state index contributed by atoms with van der Waals surface area (Å²) in [6, 6.07) is 7.94. The number of carbonyl (C=O) groups excluding carboxylic acids is 1. The lowest BCUT2D eigenvalue weighted by atomic mass is 9.81. The van der Waals surface area contributed by atoms with Crippen LogP contribution < -0.4 is 0 Å². The first-order valence-corrected chi connectivity index (χ1v) is 7.96. The molecule has 3 rings (SSSR count). The zero-order valence-electron chi connectivity index (χ0n) is 11.4. The van der Waals surface area contributed by atoms with Gasteiger partial charge in [-0.1, -0.05) is 34.1 Å². The number of ketones is 1. The molecule has 2 unspecified atom stereocenters. The number of rotatable bonds is 3. The number of hydrogen-bond acceptors (Lipinski definition) is 3. The molecule has 108 valence electrons. The number of carbonyl (C=O) groups is 1. The predicted octanol–water partition coefficient (Wildman–Crippen LogP) is 3.15. The molecule has 1 aromatic rings. The number of benzene rings is 1. The quantitative estimate of drug-likeness (QED) is 0.849. The number of halogens is 1. The molecule has 2 aliphatic rings. The van der Waals surface area contributed by atoms with Crippen molar-refractivity contribution in [2.24, 2.45) is 5.92 Å². The number of ether oxygens (including phenoxy) is 2. The summed E-state index contributed by atoms with van der Waals surface area (Å²) in [5, 5.41) is 0. The van der Waals surface area contributed by atoms with Crippen molar-refractivity contribution in [1.29, 1.82) is 0 Å². The highest BCUT2D eigenvalue weighted by atomic mass is 79.9. The van der Waals surface area contributed by atoms with Gasteiger partial charge in [0, 0.05) is 36.4 Å². The molecule has 0 saturated carbocycles. The molecular formula is C16H19BrO3. The van der Waals surface area contributed by atoms with E-state index in [1.807, 2.05) is 24.3 Å². The summed E-state index contributed by atoms with van der Waals surface area (Å²) < 4.78 is 12.4. The first kappa shape index (κ1) is 14.2. The minimum atomic E-state index is -0.188. The fourth-order valence-electron chi connectivity index (χ4n) is 3.14. The van der Waals surface area contributed by atoms with Gasteiger partial charge < -0.3 is 9.47 Å². The Balaban J connectivity index is 1.66. The van der Waals surface area contributed by atoms with Gasteiger partial charge in [0.05, 0.1) is 12.2 Å². The van der Waals surface area contributed by atoms with Crippen LogP contribution in [0.5, 0.6) is 0 Å². The maximum absolute atomic E-state index is 12.5. The molecular weight excluding hydrogens is 320 g/mol. The van der Waals surface area contributed by atoms with Crippen LogP contribution in [0.25, 0.3) is 0 Å². The Bertz CT molecular complexity index is 494. The van der Waals surface area contributed by atoms with E-state index < -0.39 is 0 Å². The molecule has 0 aromatic heterocycles. The average Bonchev–Trinajstić information content (AvgIpc) is 2.89. The molecule has 2 fully saturated rings. The second-order valence-corrected chi connectivity index (χ2v) is 6.61. The van der Waals surface area contributed by atoms with Crippen LogP contribution in [0.2, 0.25) is 0 Å². The molecule has 4 heteroatoms. The van der Waals surface area contributed by atoms with E-state index in [1.165, 1.54) is 0 Å². The van der Waals surface area contributed by atoms with Crippen LogP contribution in [-0.2, 0) is 20.7 Å². The molecule has 0 bridgehead atoms. The Morgan fingerprint density at radius 1 is 1.35 bits per heavy atom. The van der Waals surface area contributed by atoms with Crippen molar-refractivity contribution in [3.05, 3.63) is 34.3 Å². The monoisotopic (exact) mass is 338 g/mol. The summed E-state index contributed by atoms with van der Waals surface area (Å²) >= 11 is 3.51. The van der Waals surface area contributed by atoms with E-state index >= 15 is 0 Å². The van der Waals surface area contributed by atoms with E-state index in [0.717, 1.165) is 35.9 Å². The highest BCUT2D eigenvalue weighted by Gasteiger charge is 2.42. The normalized spacial score (nSPS) is 29.8. The molecule has 2 heterocycles. The van der Waals surface area contributed by atoms with Gasteiger partial charge in [-0.2, -0.15) is 0 Å². The van der Waals surface area contributed by atoms with Gasteiger partial charge in [-0.25, -0.2) is 0 Å². The van der Waals surface area contributed by atoms with Gasteiger partial charge in [-0.15, -0.1) is 0 Å². The van der Waals surface area contributed by atoms with Gasteiger partial charge in [0.2, 0.25) is 0 Å². The van der Waals surface area contributed by atoms with E-state index in [9.17, 15) is 4.79 Å². The molecule has 2 saturated heterocycles. The second-order valence-electron chi connectivity index (χ2n) is 5.76. The van der Waals surface area contributed by atoms with E-state index in [4.69, 9.17) is 9.47 Å². The van der Waals surface area contributed by atoms with Crippen LogP contribution in [0.3, 0.4) is 0 Å². The molecule has 1 spiro atoms. The summed E-state index contributed by atoms with van der Waals surface area (Å²) in [7, 11) is 0. The van der Waals surface area contributed by atoms with Gasteiger partial charge >= 0.3 is 0 Å². The van der Waals surface area contributed by atoms with Crippen LogP contribution in [0, 0.1) is 5.92 Å².